The summed E-state index contributed by atoms with van der Waals surface area (Å²) in [5.41, 5.74) is 3.98. The number of rotatable bonds is 7. The number of anilines is 1. The van der Waals surface area contributed by atoms with Gasteiger partial charge in [-0.05, 0) is 86.3 Å². The van der Waals surface area contributed by atoms with Crippen LogP contribution in [0.4, 0.5) is 5.82 Å². The zero-order chi connectivity index (χ0) is 25.4. The second kappa shape index (κ2) is 9.80. The van der Waals surface area contributed by atoms with Gasteiger partial charge >= 0.3 is 0 Å². The Labute approximate surface area is 214 Å². The van der Waals surface area contributed by atoms with E-state index in [0.29, 0.717) is 28.8 Å². The molecule has 2 aliphatic carbocycles. The quantitative estimate of drug-likeness (QED) is 0.400. The van der Waals surface area contributed by atoms with Crippen molar-refractivity contribution in [2.75, 3.05) is 5.32 Å². The summed E-state index contributed by atoms with van der Waals surface area (Å²) in [6.07, 6.45) is 10.5. The van der Waals surface area contributed by atoms with Crippen LogP contribution in [0.25, 0.3) is 22.7 Å². The van der Waals surface area contributed by atoms with Crippen molar-refractivity contribution in [1.29, 1.82) is 5.26 Å². The smallest absolute Gasteiger partial charge is 0.236 e. The molecule has 1 atom stereocenters. The van der Waals surface area contributed by atoms with E-state index in [1.807, 2.05) is 6.20 Å². The van der Waals surface area contributed by atoms with Crippen LogP contribution in [-0.4, -0.2) is 30.5 Å². The van der Waals surface area contributed by atoms with Gasteiger partial charge in [0, 0.05) is 18.8 Å². The van der Waals surface area contributed by atoms with Gasteiger partial charge in [-0.2, -0.15) is 15.2 Å². The van der Waals surface area contributed by atoms with Gasteiger partial charge in [0.15, 0.2) is 17.3 Å². The molecule has 0 saturated heterocycles. The highest BCUT2D eigenvalue weighted by atomic mass is 15.2. The molecular formula is C29H39N7. The van der Waals surface area contributed by atoms with Crippen LogP contribution in [0.5, 0.6) is 0 Å². The van der Waals surface area contributed by atoms with Gasteiger partial charge in [-0.15, -0.1) is 0 Å². The monoisotopic (exact) mass is 485 g/mol. The first-order chi connectivity index (χ1) is 17.2. The molecule has 7 nitrogen and oxygen atoms in total. The second-order valence-electron chi connectivity index (χ2n) is 12.1. The van der Waals surface area contributed by atoms with Crippen LogP contribution in [0, 0.1) is 28.6 Å². The molecule has 2 saturated carbocycles. The van der Waals surface area contributed by atoms with Crippen molar-refractivity contribution < 1.29 is 0 Å². The van der Waals surface area contributed by atoms with Crippen molar-refractivity contribution in [3.05, 3.63) is 29.7 Å². The first kappa shape index (κ1) is 24.7. The largest absolute Gasteiger partial charge is 0.365 e. The molecule has 0 bridgehead atoms. The Bertz CT molecular complexity index is 1270. The predicted octanol–water partition coefficient (Wildman–Crippen LogP) is 6.70. The lowest BCUT2D eigenvalue weighted by atomic mass is 9.73. The van der Waals surface area contributed by atoms with Crippen LogP contribution in [0.15, 0.2) is 18.3 Å². The zero-order valence-corrected chi connectivity index (χ0v) is 22.4. The van der Waals surface area contributed by atoms with Gasteiger partial charge in [0.1, 0.15) is 17.3 Å². The molecule has 0 aromatic carbocycles. The molecule has 0 spiro atoms. The maximum Gasteiger partial charge on any atom is 0.236 e. The Hall–Kier alpha value is -3.01. The van der Waals surface area contributed by atoms with Crippen molar-refractivity contribution in [1.82, 2.24) is 24.5 Å². The number of pyridine rings is 1. The third kappa shape index (κ3) is 4.96. The number of aromatic nitrogens is 5. The summed E-state index contributed by atoms with van der Waals surface area (Å²) in [4.78, 5) is 18.9. The molecule has 1 unspecified atom stereocenters. The Morgan fingerprint density at radius 3 is 2.50 bits per heavy atom. The van der Waals surface area contributed by atoms with E-state index in [1.54, 1.807) is 0 Å². The highest BCUT2D eigenvalue weighted by Gasteiger charge is 2.30. The minimum Gasteiger partial charge on any atom is -0.365 e. The van der Waals surface area contributed by atoms with Gasteiger partial charge in [-0.25, -0.2) is 4.98 Å². The van der Waals surface area contributed by atoms with E-state index in [9.17, 15) is 5.26 Å². The number of nitrogens with zero attached hydrogens (tertiary/aromatic N) is 6. The lowest BCUT2D eigenvalue weighted by molar-refractivity contribution is 0.180. The molecule has 7 heteroatoms. The standard InChI is InChI=1S/C29H39N7/c1-18(2)22-11-14-31-23(15-22)28-35-27-25(36(28)17-20-9-12-29(4,5)13-10-20)26(33-24(16-30)34-27)32-19(3)21-7-6-8-21/h11,14-15,18-21H,6-10,12-13,17H2,1-5H3,(H,32,33,34). The fraction of sp³-hybridized carbons (Fsp3) is 0.621. The van der Waals surface area contributed by atoms with E-state index >= 15 is 0 Å². The lowest BCUT2D eigenvalue weighted by Gasteiger charge is -2.35. The summed E-state index contributed by atoms with van der Waals surface area (Å²) in [6, 6.07) is 6.65. The van der Waals surface area contributed by atoms with Crippen molar-refractivity contribution in [3.8, 4) is 17.6 Å². The minimum absolute atomic E-state index is 0.158. The summed E-state index contributed by atoms with van der Waals surface area (Å²) in [5.74, 6) is 3.31. The minimum atomic E-state index is 0.158. The molecule has 0 radical (unpaired) electrons. The number of imidazole rings is 1. The van der Waals surface area contributed by atoms with E-state index in [-0.39, 0.29) is 11.9 Å². The van der Waals surface area contributed by atoms with Gasteiger partial charge in [0.2, 0.25) is 5.82 Å². The molecule has 0 aliphatic heterocycles. The highest BCUT2D eigenvalue weighted by Crippen LogP contribution is 2.40. The lowest BCUT2D eigenvalue weighted by Crippen LogP contribution is -2.31. The van der Waals surface area contributed by atoms with Crippen LogP contribution in [-0.2, 0) is 6.54 Å². The average molecular weight is 486 g/mol. The molecule has 2 aliphatic rings. The molecule has 36 heavy (non-hydrogen) atoms. The van der Waals surface area contributed by atoms with Gasteiger partial charge in [0.25, 0.3) is 0 Å². The predicted molar refractivity (Wildman–Crippen MR) is 144 cm³/mol. The maximum atomic E-state index is 9.67. The van der Waals surface area contributed by atoms with Gasteiger partial charge in [0.05, 0.1) is 0 Å². The molecule has 3 aromatic heterocycles. The fourth-order valence-electron chi connectivity index (χ4n) is 5.66. The van der Waals surface area contributed by atoms with E-state index in [2.05, 4.69) is 72.7 Å². The van der Waals surface area contributed by atoms with E-state index in [4.69, 9.17) is 9.97 Å². The third-order valence-corrected chi connectivity index (χ3v) is 8.50. The number of fused-ring (bicyclic) bond motifs is 1. The summed E-state index contributed by atoms with van der Waals surface area (Å²) in [7, 11) is 0. The van der Waals surface area contributed by atoms with Crippen molar-refractivity contribution in [2.24, 2.45) is 17.3 Å². The molecular weight excluding hydrogens is 446 g/mol. The second-order valence-corrected chi connectivity index (χ2v) is 12.1. The molecule has 3 heterocycles. The van der Waals surface area contributed by atoms with E-state index in [1.165, 1.54) is 50.5 Å². The Morgan fingerprint density at radius 2 is 1.86 bits per heavy atom. The van der Waals surface area contributed by atoms with Gasteiger partial charge < -0.3 is 9.88 Å². The maximum absolute atomic E-state index is 9.67. The van der Waals surface area contributed by atoms with Crippen LogP contribution in [0.2, 0.25) is 0 Å². The Morgan fingerprint density at radius 1 is 1.11 bits per heavy atom. The molecule has 2 fully saturated rings. The Balaban J connectivity index is 1.63. The van der Waals surface area contributed by atoms with E-state index in [0.717, 1.165) is 29.4 Å². The number of hydrogen-bond acceptors (Lipinski definition) is 6. The Kier molecular flexibility index (Phi) is 6.72. The normalized spacial score (nSPS) is 19.2. The third-order valence-electron chi connectivity index (χ3n) is 8.50. The fourth-order valence-corrected chi connectivity index (χ4v) is 5.66. The van der Waals surface area contributed by atoms with Crippen molar-refractivity contribution in [3.63, 3.8) is 0 Å². The van der Waals surface area contributed by atoms with E-state index < -0.39 is 0 Å². The van der Waals surface area contributed by atoms with Crippen LogP contribution < -0.4 is 5.32 Å². The summed E-state index contributed by atoms with van der Waals surface area (Å²) in [6.45, 7) is 12.2. The molecule has 1 N–H and O–H groups in total. The van der Waals surface area contributed by atoms with Crippen LogP contribution in [0.1, 0.15) is 96.9 Å². The molecule has 0 amide bonds. The SMILES string of the molecule is CC(C)c1ccnc(-c2nc3nc(C#N)nc(NC(C)C4CCC4)c3n2CC2CCC(C)(C)CC2)c1. The number of hydrogen-bond donors (Lipinski definition) is 1. The van der Waals surface area contributed by atoms with Gasteiger partial charge in [-0.3, -0.25) is 4.98 Å². The molecule has 190 valence electrons. The highest BCUT2D eigenvalue weighted by molar-refractivity contribution is 5.87. The summed E-state index contributed by atoms with van der Waals surface area (Å²) < 4.78 is 2.29. The summed E-state index contributed by atoms with van der Waals surface area (Å²) >= 11 is 0. The summed E-state index contributed by atoms with van der Waals surface area (Å²) in [5, 5.41) is 13.3. The first-order valence-corrected chi connectivity index (χ1v) is 13.7. The van der Waals surface area contributed by atoms with Crippen LogP contribution >= 0.6 is 0 Å². The zero-order valence-electron chi connectivity index (χ0n) is 22.4. The number of nitriles is 1. The molecule has 5 rings (SSSR count). The van der Waals surface area contributed by atoms with Crippen molar-refractivity contribution in [2.45, 2.75) is 98.1 Å². The van der Waals surface area contributed by atoms with Crippen molar-refractivity contribution >= 4 is 17.0 Å². The topological polar surface area (TPSA) is 92.3 Å². The average Bonchev–Trinajstić information content (AvgIpc) is 3.17. The van der Waals surface area contributed by atoms with Crippen LogP contribution in [0.3, 0.4) is 0 Å². The van der Waals surface area contributed by atoms with Gasteiger partial charge in [-0.1, -0.05) is 34.1 Å². The first-order valence-electron chi connectivity index (χ1n) is 13.7. The number of nitrogens with one attached hydrogen (secondary N) is 1. The molecule has 3 aromatic rings.